The van der Waals surface area contributed by atoms with Crippen molar-refractivity contribution in [1.29, 1.82) is 0 Å². The lowest BCUT2D eigenvalue weighted by atomic mass is 10.6. The monoisotopic (exact) mass is 271 g/mol. The number of rotatable bonds is 1. The molecule has 0 unspecified atom stereocenters. The molecule has 1 aromatic heterocycles. The number of hydrogen-bond donors (Lipinski definition) is 2. The first-order valence-corrected chi connectivity index (χ1v) is 5.86. The summed E-state index contributed by atoms with van der Waals surface area (Å²) in [6.07, 6.45) is 4.16. The molecule has 1 aromatic rings. The minimum atomic E-state index is -4.67. The second-order valence-electron chi connectivity index (χ2n) is 2.69. The lowest BCUT2D eigenvalue weighted by Crippen LogP contribution is -2.29. The third kappa shape index (κ3) is 9.65. The van der Waals surface area contributed by atoms with Gasteiger partial charge in [0.2, 0.25) is 0 Å². The van der Waals surface area contributed by atoms with Gasteiger partial charge in [-0.05, 0) is 6.92 Å². The fourth-order valence-corrected chi connectivity index (χ4v) is 0.933. The topological polar surface area (TPSA) is 100 Å². The number of nitrogens with zero attached hydrogens (tertiary/aromatic N) is 2. The molecule has 0 atom stereocenters. The summed E-state index contributed by atoms with van der Waals surface area (Å²) in [6, 6.07) is 0. The van der Waals surface area contributed by atoms with E-state index in [1.165, 1.54) is 5.82 Å². The molecule has 0 aliphatic rings. The quantitative estimate of drug-likeness (QED) is 0.535. The van der Waals surface area contributed by atoms with Gasteiger partial charge in [-0.15, -0.1) is 0 Å². The van der Waals surface area contributed by atoms with Gasteiger partial charge in [0.15, 0.2) is 12.5 Å². The average Bonchev–Trinajstić information content (AvgIpc) is 2.48. The molecule has 0 saturated carbocycles. The molecule has 0 aliphatic carbocycles. The average molecular weight is 271 g/mol. The highest BCUT2D eigenvalue weighted by Gasteiger charge is 2.03. The van der Waals surface area contributed by atoms with Crippen LogP contribution in [0.2, 0.25) is 0 Å². The van der Waals surface area contributed by atoms with Crippen molar-refractivity contribution in [3.63, 3.8) is 0 Å². The van der Waals surface area contributed by atoms with E-state index in [4.69, 9.17) is 21.7 Å². The summed E-state index contributed by atoms with van der Waals surface area (Å²) in [5.41, 5.74) is 0. The van der Waals surface area contributed by atoms with Crippen LogP contribution < -0.4 is 4.57 Å². The van der Waals surface area contributed by atoms with Gasteiger partial charge in [0.25, 0.3) is 5.82 Å². The Kier molecular flexibility index (Phi) is 9.05. The minimum Gasteiger partial charge on any atom is -0.264 e. The van der Waals surface area contributed by atoms with Gasteiger partial charge >= 0.3 is 10.4 Å². The van der Waals surface area contributed by atoms with E-state index >= 15 is 0 Å². The zero-order valence-electron chi connectivity index (χ0n) is 9.19. The van der Waals surface area contributed by atoms with Crippen LogP contribution in [0.3, 0.4) is 0 Å². The van der Waals surface area contributed by atoms with Crippen molar-refractivity contribution in [1.82, 2.24) is 4.57 Å². The highest BCUT2D eigenvalue weighted by Crippen LogP contribution is 1.89. The first-order chi connectivity index (χ1) is 7.25. The van der Waals surface area contributed by atoms with Crippen LogP contribution in [0.25, 0.3) is 0 Å². The summed E-state index contributed by atoms with van der Waals surface area (Å²) < 4.78 is 43.7. The zero-order valence-corrected chi connectivity index (χ0v) is 10.8. The van der Waals surface area contributed by atoms with E-state index in [-0.39, 0.29) is 0 Å². The standard InChI is InChI=1S/C7H13N2.H2O4S.OS/c1-4-9-6-5-8(3)7(9)2;1-5(2,3)4;1-2/h5-6H,4H2,1-3H3;(H2,1,2,3,4);/q+1;;. The van der Waals surface area contributed by atoms with Crippen LogP contribution in [0, 0.1) is 6.92 Å². The molecular weight excluding hydrogens is 256 g/mol. The van der Waals surface area contributed by atoms with Crippen molar-refractivity contribution < 1.29 is 26.3 Å². The van der Waals surface area contributed by atoms with Gasteiger partial charge < -0.3 is 0 Å². The van der Waals surface area contributed by atoms with E-state index < -0.39 is 10.4 Å². The Morgan fingerprint density at radius 3 is 1.94 bits per heavy atom. The van der Waals surface area contributed by atoms with Crippen LogP contribution in [0.15, 0.2) is 12.4 Å². The molecule has 1 heterocycles. The third-order valence-electron chi connectivity index (χ3n) is 1.74. The van der Waals surface area contributed by atoms with Crippen molar-refractivity contribution in [3.05, 3.63) is 18.2 Å². The highest BCUT2D eigenvalue weighted by molar-refractivity contribution is 7.79. The second kappa shape index (κ2) is 8.28. The van der Waals surface area contributed by atoms with Gasteiger partial charge in [-0.25, -0.2) is 9.13 Å². The largest absolute Gasteiger partial charge is 0.394 e. The number of aromatic nitrogens is 2. The van der Waals surface area contributed by atoms with E-state index in [1.54, 1.807) is 0 Å². The normalized spacial score (nSPS) is 9.56. The van der Waals surface area contributed by atoms with E-state index in [1.807, 2.05) is 0 Å². The Morgan fingerprint density at radius 1 is 1.44 bits per heavy atom. The first-order valence-electron chi connectivity index (χ1n) is 4.13. The van der Waals surface area contributed by atoms with Crippen molar-refractivity contribution >= 4 is 22.9 Å². The molecular formula is C7H15N2O5S2+. The molecule has 0 radical (unpaired) electrons. The molecule has 0 aliphatic heterocycles. The fourth-order valence-electron chi connectivity index (χ4n) is 0.933. The molecule has 0 saturated heterocycles. The molecule has 1 rings (SSSR count). The Hall–Kier alpha value is -0.900. The van der Waals surface area contributed by atoms with E-state index in [2.05, 4.69) is 55.0 Å². The molecule has 0 amide bonds. The molecule has 2 N–H and O–H groups in total. The summed E-state index contributed by atoms with van der Waals surface area (Å²) in [5, 5.41) is 0. The Labute approximate surface area is 99.8 Å². The van der Waals surface area contributed by atoms with Gasteiger partial charge in [-0.3, -0.25) is 9.11 Å². The molecule has 0 spiro atoms. The highest BCUT2D eigenvalue weighted by atomic mass is 32.3. The van der Waals surface area contributed by atoms with Crippen molar-refractivity contribution in [3.8, 4) is 0 Å². The smallest absolute Gasteiger partial charge is 0.264 e. The molecule has 0 aromatic carbocycles. The Morgan fingerprint density at radius 2 is 1.81 bits per heavy atom. The SMILES string of the molecule is CCn1cc[n+](C)c1C.O=S.O=S(=O)(O)O. The van der Waals surface area contributed by atoms with Crippen molar-refractivity contribution in [2.75, 3.05) is 0 Å². The second-order valence-corrected chi connectivity index (χ2v) is 3.59. The van der Waals surface area contributed by atoms with Gasteiger partial charge in [0.1, 0.15) is 12.4 Å². The van der Waals surface area contributed by atoms with Gasteiger partial charge in [-0.2, -0.15) is 12.6 Å². The predicted molar refractivity (Wildman–Crippen MR) is 58.3 cm³/mol. The molecule has 94 valence electrons. The minimum absolute atomic E-state index is 1.06. The Bertz CT molecular complexity index is 393. The van der Waals surface area contributed by atoms with Crippen molar-refractivity contribution in [2.24, 2.45) is 7.05 Å². The maximum Gasteiger partial charge on any atom is 0.394 e. The van der Waals surface area contributed by atoms with Crippen LogP contribution >= 0.6 is 0 Å². The maximum atomic E-state index is 8.74. The maximum absolute atomic E-state index is 8.74. The van der Waals surface area contributed by atoms with Crippen LogP contribution in [-0.2, 0) is 36.5 Å². The summed E-state index contributed by atoms with van der Waals surface area (Å²) in [6.45, 7) is 5.32. The predicted octanol–water partition coefficient (Wildman–Crippen LogP) is -0.348. The van der Waals surface area contributed by atoms with Crippen LogP contribution in [0.5, 0.6) is 0 Å². The molecule has 9 heteroatoms. The van der Waals surface area contributed by atoms with E-state index in [0.717, 1.165) is 6.54 Å². The zero-order chi connectivity index (χ0) is 13.4. The Balaban J connectivity index is 0. The van der Waals surface area contributed by atoms with Crippen LogP contribution in [0.4, 0.5) is 0 Å². The van der Waals surface area contributed by atoms with Gasteiger partial charge in [0.05, 0.1) is 13.6 Å². The third-order valence-corrected chi connectivity index (χ3v) is 1.74. The van der Waals surface area contributed by atoms with Crippen LogP contribution in [0.1, 0.15) is 12.7 Å². The summed E-state index contributed by atoms with van der Waals surface area (Å²) in [5.74, 6) is 1.30. The van der Waals surface area contributed by atoms with Crippen LogP contribution in [-0.4, -0.2) is 26.3 Å². The number of imidazole rings is 1. The number of aryl methyl sites for hydroxylation is 2. The van der Waals surface area contributed by atoms with E-state index in [9.17, 15) is 0 Å². The molecule has 7 nitrogen and oxygen atoms in total. The first kappa shape index (κ1) is 17.5. The molecule has 0 bridgehead atoms. The van der Waals surface area contributed by atoms with Gasteiger partial charge in [-0.1, -0.05) is 0 Å². The lowest BCUT2D eigenvalue weighted by Gasteiger charge is -1.90. The van der Waals surface area contributed by atoms with E-state index in [0.29, 0.717) is 0 Å². The molecule has 0 fully saturated rings. The van der Waals surface area contributed by atoms with Crippen molar-refractivity contribution in [2.45, 2.75) is 20.4 Å². The fraction of sp³-hybridized carbons (Fsp3) is 0.571. The summed E-state index contributed by atoms with van der Waals surface area (Å²) in [4.78, 5) is 0. The summed E-state index contributed by atoms with van der Waals surface area (Å²) >= 11 is 2.83. The number of hydrogen-bond acceptors (Lipinski definition) is 4. The van der Waals surface area contributed by atoms with Gasteiger partial charge in [0, 0.05) is 6.92 Å². The lowest BCUT2D eigenvalue weighted by molar-refractivity contribution is -0.677. The summed E-state index contributed by atoms with van der Waals surface area (Å²) in [7, 11) is -2.61. The molecule has 16 heavy (non-hydrogen) atoms.